The highest BCUT2D eigenvalue weighted by Crippen LogP contribution is 2.42. The summed E-state index contributed by atoms with van der Waals surface area (Å²) in [4.78, 5) is 52.4. The molecule has 3 aromatic rings. The van der Waals surface area contributed by atoms with Crippen molar-refractivity contribution in [2.45, 2.75) is 31.2 Å². The van der Waals surface area contributed by atoms with Gasteiger partial charge in [0.1, 0.15) is 5.54 Å². The Balaban J connectivity index is 1.49. The lowest BCUT2D eigenvalue weighted by Crippen LogP contribution is -2.55. The molecule has 1 amide bonds. The fourth-order valence-electron chi connectivity index (χ4n) is 4.02. The van der Waals surface area contributed by atoms with Gasteiger partial charge in [0.05, 0.1) is 0 Å². The summed E-state index contributed by atoms with van der Waals surface area (Å²) in [5.41, 5.74) is -0.531. The molecule has 0 spiro atoms. The first-order valence-corrected chi connectivity index (χ1v) is 11.6. The summed E-state index contributed by atoms with van der Waals surface area (Å²) in [5.74, 6) is -0.914. The molecule has 1 aliphatic rings. The van der Waals surface area contributed by atoms with Crippen LogP contribution in [-0.4, -0.2) is 51.2 Å². The normalized spacial score (nSPS) is 18.1. The molecule has 1 saturated carbocycles. The summed E-state index contributed by atoms with van der Waals surface area (Å²) in [7, 11) is 1.55. The van der Waals surface area contributed by atoms with Gasteiger partial charge in [0.2, 0.25) is 0 Å². The number of likely N-dealkylation sites (N-methyl/N-ethyl adjacent to an activating group) is 1. The van der Waals surface area contributed by atoms with Gasteiger partial charge >= 0.3 is 5.97 Å². The molecule has 2 aromatic heterocycles. The number of carbonyl (C=O) groups excluding carboxylic acids is 3. The van der Waals surface area contributed by atoms with Crippen LogP contribution in [0.2, 0.25) is 5.02 Å². The molecule has 10 heteroatoms. The zero-order valence-corrected chi connectivity index (χ0v) is 19.4. The second-order valence-corrected chi connectivity index (χ2v) is 8.87. The predicted molar refractivity (Wildman–Crippen MR) is 123 cm³/mol. The van der Waals surface area contributed by atoms with Crippen molar-refractivity contribution in [2.24, 2.45) is 0 Å². The Morgan fingerprint density at radius 3 is 2.67 bits per heavy atom. The fourth-order valence-corrected chi connectivity index (χ4v) is 5.05. The van der Waals surface area contributed by atoms with Gasteiger partial charge in [0, 0.05) is 41.8 Å². The fraction of sp³-hybridized carbons (Fsp3) is 0.304. The number of ether oxygens (including phenoxy) is 1. The Labute approximate surface area is 199 Å². The standard InChI is InChI=1S/C23H21ClN4O4S/c1-28(23(10-5-4-9-18(23)29)15-7-2-3-8-16(15)24)19(30)13-32-22(31)17-14-33-21(27-17)20-25-11-6-12-26-20/h2-3,6-8,11-12,14H,4-5,9-10,13H2,1H3. The van der Waals surface area contributed by atoms with Crippen LogP contribution in [0.4, 0.5) is 0 Å². The molecular weight excluding hydrogens is 464 g/mol. The van der Waals surface area contributed by atoms with Crippen molar-refractivity contribution in [3.63, 3.8) is 0 Å². The van der Waals surface area contributed by atoms with E-state index in [4.69, 9.17) is 16.3 Å². The number of hydrogen-bond donors (Lipinski definition) is 0. The number of nitrogens with zero attached hydrogens (tertiary/aromatic N) is 4. The maximum Gasteiger partial charge on any atom is 0.358 e. The Morgan fingerprint density at radius 1 is 1.18 bits per heavy atom. The van der Waals surface area contributed by atoms with E-state index in [1.54, 1.807) is 49.8 Å². The molecule has 1 atom stereocenters. The molecule has 8 nitrogen and oxygen atoms in total. The monoisotopic (exact) mass is 484 g/mol. The van der Waals surface area contributed by atoms with E-state index in [0.29, 0.717) is 34.3 Å². The first kappa shape index (κ1) is 23.0. The third-order valence-corrected chi connectivity index (χ3v) is 6.88. The molecule has 1 fully saturated rings. The number of hydrogen-bond acceptors (Lipinski definition) is 8. The van der Waals surface area contributed by atoms with Crippen molar-refractivity contribution >= 4 is 40.6 Å². The van der Waals surface area contributed by atoms with Crippen LogP contribution >= 0.6 is 22.9 Å². The molecule has 4 rings (SSSR count). The minimum absolute atomic E-state index is 0.0625. The Bertz CT molecular complexity index is 1190. The zero-order chi connectivity index (χ0) is 23.4. The van der Waals surface area contributed by atoms with Crippen molar-refractivity contribution in [1.29, 1.82) is 0 Å². The van der Waals surface area contributed by atoms with Gasteiger partial charge in [-0.1, -0.05) is 29.8 Å². The maximum atomic E-state index is 13.1. The number of ketones is 1. The number of carbonyl (C=O) groups is 3. The van der Waals surface area contributed by atoms with Gasteiger partial charge in [-0.2, -0.15) is 0 Å². The Hall–Kier alpha value is -3.17. The highest BCUT2D eigenvalue weighted by molar-refractivity contribution is 7.13. The molecule has 33 heavy (non-hydrogen) atoms. The summed E-state index contributed by atoms with van der Waals surface area (Å²) < 4.78 is 5.23. The van der Waals surface area contributed by atoms with Gasteiger partial charge in [-0.15, -0.1) is 11.3 Å². The largest absolute Gasteiger partial charge is 0.451 e. The molecule has 1 aromatic carbocycles. The van der Waals surface area contributed by atoms with E-state index >= 15 is 0 Å². The molecule has 0 saturated heterocycles. The predicted octanol–water partition coefficient (Wildman–Crippen LogP) is 3.91. The quantitative estimate of drug-likeness (QED) is 0.489. The molecule has 1 unspecified atom stereocenters. The molecule has 1 aliphatic carbocycles. The maximum absolute atomic E-state index is 13.1. The lowest BCUT2D eigenvalue weighted by molar-refractivity contribution is -0.150. The highest BCUT2D eigenvalue weighted by atomic mass is 35.5. The number of halogens is 1. The van der Waals surface area contributed by atoms with E-state index in [9.17, 15) is 14.4 Å². The van der Waals surface area contributed by atoms with Gasteiger partial charge in [-0.3, -0.25) is 9.59 Å². The SMILES string of the molecule is CN(C(=O)COC(=O)c1csc(-c2ncccn2)n1)C1(c2ccccc2Cl)CCCCC1=O. The van der Waals surface area contributed by atoms with E-state index in [1.807, 2.05) is 0 Å². The minimum atomic E-state index is -1.18. The summed E-state index contributed by atoms with van der Waals surface area (Å²) in [6.45, 7) is -0.524. The van der Waals surface area contributed by atoms with E-state index < -0.39 is 24.0 Å². The van der Waals surface area contributed by atoms with Gasteiger partial charge in [0.15, 0.2) is 28.9 Å². The Morgan fingerprint density at radius 2 is 1.94 bits per heavy atom. The second kappa shape index (κ2) is 9.76. The molecule has 2 heterocycles. The van der Waals surface area contributed by atoms with Crippen LogP contribution in [0.1, 0.15) is 41.7 Å². The summed E-state index contributed by atoms with van der Waals surface area (Å²) in [6, 6.07) is 8.72. The van der Waals surface area contributed by atoms with Crippen LogP contribution in [0.25, 0.3) is 10.8 Å². The first-order valence-electron chi connectivity index (χ1n) is 10.4. The third kappa shape index (κ3) is 4.51. The van der Waals surface area contributed by atoms with E-state index in [0.717, 1.165) is 12.8 Å². The average molecular weight is 485 g/mol. The number of amides is 1. The number of esters is 1. The summed E-state index contributed by atoms with van der Waals surface area (Å²) in [6.07, 6.45) is 5.51. The number of benzene rings is 1. The third-order valence-electron chi connectivity index (χ3n) is 5.72. The molecular formula is C23H21ClN4O4S. The van der Waals surface area contributed by atoms with Crippen molar-refractivity contribution in [2.75, 3.05) is 13.7 Å². The van der Waals surface area contributed by atoms with E-state index in [-0.39, 0.29) is 11.5 Å². The average Bonchev–Trinajstić information content (AvgIpc) is 3.34. The smallest absolute Gasteiger partial charge is 0.358 e. The number of aromatic nitrogens is 3. The van der Waals surface area contributed by atoms with Gasteiger partial charge in [-0.05, 0) is 31.4 Å². The lowest BCUT2D eigenvalue weighted by atomic mass is 9.74. The van der Waals surface area contributed by atoms with Crippen LogP contribution in [0.3, 0.4) is 0 Å². The summed E-state index contributed by atoms with van der Waals surface area (Å²) >= 11 is 7.63. The molecule has 0 N–H and O–H groups in total. The highest BCUT2D eigenvalue weighted by Gasteiger charge is 2.48. The van der Waals surface area contributed by atoms with Crippen LogP contribution < -0.4 is 0 Å². The van der Waals surface area contributed by atoms with Crippen LogP contribution in [0.5, 0.6) is 0 Å². The number of thiazole rings is 1. The van der Waals surface area contributed by atoms with Crippen LogP contribution in [0, 0.1) is 0 Å². The van der Waals surface area contributed by atoms with Crippen LogP contribution in [0.15, 0.2) is 48.1 Å². The van der Waals surface area contributed by atoms with Gasteiger partial charge in [0.25, 0.3) is 5.91 Å². The summed E-state index contributed by atoms with van der Waals surface area (Å²) in [5, 5.41) is 2.41. The van der Waals surface area contributed by atoms with Crippen molar-refractivity contribution < 1.29 is 19.1 Å². The van der Waals surface area contributed by atoms with Crippen LogP contribution in [-0.2, 0) is 19.9 Å². The minimum Gasteiger partial charge on any atom is -0.451 e. The zero-order valence-electron chi connectivity index (χ0n) is 17.9. The number of Topliss-reactive ketones (excluding diaryl/α,β-unsaturated/α-hetero) is 1. The lowest BCUT2D eigenvalue weighted by Gasteiger charge is -2.43. The number of rotatable bonds is 6. The van der Waals surface area contributed by atoms with Crippen molar-refractivity contribution in [3.05, 3.63) is 64.4 Å². The van der Waals surface area contributed by atoms with Crippen molar-refractivity contribution in [3.8, 4) is 10.8 Å². The molecule has 0 radical (unpaired) electrons. The van der Waals surface area contributed by atoms with E-state index in [1.165, 1.54) is 21.6 Å². The van der Waals surface area contributed by atoms with Crippen molar-refractivity contribution in [1.82, 2.24) is 19.9 Å². The first-order chi connectivity index (χ1) is 15.9. The van der Waals surface area contributed by atoms with Gasteiger partial charge in [-0.25, -0.2) is 19.7 Å². The molecule has 0 bridgehead atoms. The Kier molecular flexibility index (Phi) is 6.80. The second-order valence-electron chi connectivity index (χ2n) is 7.61. The molecule has 170 valence electrons. The van der Waals surface area contributed by atoms with Gasteiger partial charge < -0.3 is 9.64 Å². The topological polar surface area (TPSA) is 102 Å². The van der Waals surface area contributed by atoms with E-state index in [2.05, 4.69) is 15.0 Å². The molecule has 0 aliphatic heterocycles.